The average molecular weight is 509 g/mol. The van der Waals surface area contributed by atoms with Crippen molar-refractivity contribution in [1.29, 1.82) is 0 Å². The van der Waals surface area contributed by atoms with Crippen molar-refractivity contribution in [3.63, 3.8) is 0 Å². The number of anilines is 2. The van der Waals surface area contributed by atoms with Gasteiger partial charge in [-0.25, -0.2) is 9.78 Å². The highest BCUT2D eigenvalue weighted by molar-refractivity contribution is 5.76. The molecule has 0 aliphatic carbocycles. The Balaban J connectivity index is 1.32. The first-order valence-corrected chi connectivity index (χ1v) is 13.3. The first kappa shape index (κ1) is 26.7. The van der Waals surface area contributed by atoms with E-state index in [1.54, 1.807) is 24.0 Å². The van der Waals surface area contributed by atoms with E-state index >= 15 is 0 Å². The third-order valence-electron chi connectivity index (χ3n) is 7.02. The third kappa shape index (κ3) is 7.55. The van der Waals surface area contributed by atoms with Gasteiger partial charge in [0.15, 0.2) is 0 Å². The highest BCUT2D eigenvalue weighted by atomic mass is 16.4. The van der Waals surface area contributed by atoms with E-state index in [4.69, 9.17) is 4.98 Å². The molecule has 37 heavy (non-hydrogen) atoms. The minimum absolute atomic E-state index is 0.496. The Morgan fingerprint density at radius 1 is 1.22 bits per heavy atom. The van der Waals surface area contributed by atoms with Crippen LogP contribution in [0, 0.1) is 13.8 Å². The van der Waals surface area contributed by atoms with Gasteiger partial charge in [0.05, 0.1) is 18.4 Å². The van der Waals surface area contributed by atoms with Gasteiger partial charge in [-0.2, -0.15) is 10.2 Å². The summed E-state index contributed by atoms with van der Waals surface area (Å²) in [7, 11) is 1.80. The minimum Gasteiger partial charge on any atom is -0.480 e. The van der Waals surface area contributed by atoms with Crippen molar-refractivity contribution in [3.8, 4) is 0 Å². The van der Waals surface area contributed by atoms with Crippen molar-refractivity contribution >= 4 is 17.6 Å². The molecule has 0 fully saturated rings. The maximum atomic E-state index is 12.0. The maximum Gasteiger partial charge on any atom is 0.326 e. The number of rotatable bonds is 14. The van der Waals surface area contributed by atoms with Gasteiger partial charge in [-0.3, -0.25) is 9.36 Å². The van der Waals surface area contributed by atoms with Crippen LogP contribution in [0.3, 0.4) is 0 Å². The molecular weight excluding hydrogens is 468 g/mol. The van der Waals surface area contributed by atoms with Crippen LogP contribution in [0.25, 0.3) is 0 Å². The molecule has 0 saturated carbocycles. The number of pyridine rings is 1. The quantitative estimate of drug-likeness (QED) is 0.285. The van der Waals surface area contributed by atoms with Gasteiger partial charge in [-0.15, -0.1) is 0 Å². The van der Waals surface area contributed by atoms with E-state index in [0.717, 1.165) is 74.8 Å². The molecule has 0 amide bonds. The molecule has 0 radical (unpaired) electrons. The summed E-state index contributed by atoms with van der Waals surface area (Å²) < 4.78 is 3.69. The lowest BCUT2D eigenvalue weighted by atomic mass is 10.1. The molecule has 4 rings (SSSR count). The molecule has 10 heteroatoms. The van der Waals surface area contributed by atoms with E-state index < -0.39 is 12.0 Å². The van der Waals surface area contributed by atoms with Crippen LogP contribution in [0.4, 0.5) is 11.6 Å². The standard InChI is InChI=1S/C27H40N8O2/c1-20-19-21(2)35(32-20)18-17-34(16-12-24(27(36)37)31-25-11-14-29-33(25)3)15-5-4-8-23-10-9-22-7-6-13-28-26(22)30-23/h9-11,14,19,24,31H,4-8,12-13,15-18H2,1-3H3,(H,28,30)(H,36,37). The van der Waals surface area contributed by atoms with E-state index in [0.29, 0.717) is 18.8 Å². The second kappa shape index (κ2) is 12.7. The summed E-state index contributed by atoms with van der Waals surface area (Å²) in [6, 6.07) is 7.57. The van der Waals surface area contributed by atoms with Crippen molar-refractivity contribution in [2.75, 3.05) is 36.8 Å². The molecule has 10 nitrogen and oxygen atoms in total. The summed E-state index contributed by atoms with van der Waals surface area (Å²) in [5.41, 5.74) is 4.61. The normalized spacial score (nSPS) is 13.8. The number of fused-ring (bicyclic) bond motifs is 1. The summed E-state index contributed by atoms with van der Waals surface area (Å²) in [5.74, 6) is 0.899. The Labute approximate surface area is 219 Å². The molecule has 1 aliphatic heterocycles. The molecule has 1 unspecified atom stereocenters. The number of unbranched alkanes of at least 4 members (excludes halogenated alkanes) is 1. The number of nitrogens with zero attached hydrogens (tertiary/aromatic N) is 6. The predicted octanol–water partition coefficient (Wildman–Crippen LogP) is 3.27. The molecular formula is C27H40N8O2. The topological polar surface area (TPSA) is 113 Å². The van der Waals surface area contributed by atoms with Crippen LogP contribution in [0.15, 0.2) is 30.5 Å². The van der Waals surface area contributed by atoms with Crippen LogP contribution in [0.5, 0.6) is 0 Å². The van der Waals surface area contributed by atoms with Crippen LogP contribution in [-0.2, 0) is 31.2 Å². The van der Waals surface area contributed by atoms with E-state index in [9.17, 15) is 9.90 Å². The molecule has 4 heterocycles. The molecule has 0 bridgehead atoms. The monoisotopic (exact) mass is 508 g/mol. The number of aliphatic carboxylic acids is 1. The van der Waals surface area contributed by atoms with Crippen molar-refractivity contribution < 1.29 is 9.90 Å². The molecule has 0 saturated heterocycles. The number of carboxylic acid groups (broad SMARTS) is 1. The second-order valence-corrected chi connectivity index (χ2v) is 9.95. The predicted molar refractivity (Wildman–Crippen MR) is 145 cm³/mol. The van der Waals surface area contributed by atoms with E-state index in [1.807, 2.05) is 11.6 Å². The van der Waals surface area contributed by atoms with Gasteiger partial charge in [0, 0.05) is 44.1 Å². The highest BCUT2D eigenvalue weighted by Crippen LogP contribution is 2.20. The summed E-state index contributed by atoms with van der Waals surface area (Å²) in [5, 5.41) is 25.1. The molecule has 3 aromatic rings. The number of carboxylic acids is 1. The zero-order valence-electron chi connectivity index (χ0n) is 22.3. The smallest absolute Gasteiger partial charge is 0.326 e. The molecule has 3 aromatic heterocycles. The third-order valence-corrected chi connectivity index (χ3v) is 7.02. The molecule has 200 valence electrons. The average Bonchev–Trinajstić information content (AvgIpc) is 3.44. The van der Waals surface area contributed by atoms with Crippen LogP contribution < -0.4 is 10.6 Å². The lowest BCUT2D eigenvalue weighted by Crippen LogP contribution is -2.37. The van der Waals surface area contributed by atoms with Gasteiger partial charge in [0.25, 0.3) is 0 Å². The highest BCUT2D eigenvalue weighted by Gasteiger charge is 2.20. The summed E-state index contributed by atoms with van der Waals surface area (Å²) >= 11 is 0. The summed E-state index contributed by atoms with van der Waals surface area (Å²) in [6.07, 6.45) is 7.44. The zero-order chi connectivity index (χ0) is 26.2. The fourth-order valence-corrected chi connectivity index (χ4v) is 4.89. The Kier molecular flexibility index (Phi) is 9.16. The Morgan fingerprint density at radius 3 is 2.81 bits per heavy atom. The number of aromatic nitrogens is 5. The largest absolute Gasteiger partial charge is 0.480 e. The second-order valence-electron chi connectivity index (χ2n) is 9.95. The number of aryl methyl sites for hydroxylation is 5. The van der Waals surface area contributed by atoms with Gasteiger partial charge in [0.2, 0.25) is 0 Å². The summed E-state index contributed by atoms with van der Waals surface area (Å²) in [4.78, 5) is 19.1. The van der Waals surface area contributed by atoms with Crippen LogP contribution in [0.1, 0.15) is 48.3 Å². The van der Waals surface area contributed by atoms with Crippen molar-refractivity contribution in [1.82, 2.24) is 29.4 Å². The number of hydrogen-bond acceptors (Lipinski definition) is 7. The van der Waals surface area contributed by atoms with E-state index in [-0.39, 0.29) is 0 Å². The molecule has 0 spiro atoms. The Bertz CT molecular complexity index is 1170. The minimum atomic E-state index is -0.855. The van der Waals surface area contributed by atoms with Gasteiger partial charge < -0.3 is 20.6 Å². The first-order chi connectivity index (χ1) is 17.9. The van der Waals surface area contributed by atoms with Crippen molar-refractivity contribution in [2.45, 2.75) is 65.0 Å². The van der Waals surface area contributed by atoms with Gasteiger partial charge in [-0.05, 0) is 76.6 Å². The lowest BCUT2D eigenvalue weighted by molar-refractivity contribution is -0.138. The van der Waals surface area contributed by atoms with Gasteiger partial charge in [-0.1, -0.05) is 6.07 Å². The Morgan fingerprint density at radius 2 is 2.08 bits per heavy atom. The molecule has 1 aliphatic rings. The van der Waals surface area contributed by atoms with Gasteiger partial charge >= 0.3 is 5.97 Å². The molecule has 1 atom stereocenters. The van der Waals surface area contributed by atoms with Crippen molar-refractivity contribution in [2.24, 2.45) is 7.05 Å². The fraction of sp³-hybridized carbons (Fsp3) is 0.556. The first-order valence-electron chi connectivity index (χ1n) is 13.3. The number of carbonyl (C=O) groups is 1. The number of hydrogen-bond donors (Lipinski definition) is 3. The van der Waals surface area contributed by atoms with Gasteiger partial charge in [0.1, 0.15) is 17.7 Å². The maximum absolute atomic E-state index is 12.0. The molecule has 3 N–H and O–H groups in total. The van der Waals surface area contributed by atoms with Crippen LogP contribution in [-0.4, -0.2) is 72.7 Å². The fourth-order valence-electron chi connectivity index (χ4n) is 4.89. The number of nitrogens with one attached hydrogen (secondary N) is 2. The van der Waals surface area contributed by atoms with Crippen molar-refractivity contribution in [3.05, 3.63) is 53.1 Å². The molecule has 0 aromatic carbocycles. The Hall–Kier alpha value is -3.40. The van der Waals surface area contributed by atoms with E-state index in [1.165, 1.54) is 12.0 Å². The lowest BCUT2D eigenvalue weighted by Gasteiger charge is -2.25. The van der Waals surface area contributed by atoms with E-state index in [2.05, 4.69) is 50.9 Å². The van der Waals surface area contributed by atoms with Crippen LogP contribution in [0.2, 0.25) is 0 Å². The zero-order valence-corrected chi connectivity index (χ0v) is 22.3. The van der Waals surface area contributed by atoms with Crippen LogP contribution >= 0.6 is 0 Å². The SMILES string of the molecule is Cc1cc(C)n(CCN(CCCCc2ccc3c(n2)NCCC3)CCC(Nc2ccnn2C)C(=O)O)n1. The summed E-state index contributed by atoms with van der Waals surface area (Å²) in [6.45, 7) is 8.27.